The van der Waals surface area contributed by atoms with Crippen molar-refractivity contribution >= 4 is 11.8 Å². The minimum Gasteiger partial charge on any atom is -0.497 e. The molecule has 0 aliphatic carbocycles. The Morgan fingerprint density at radius 2 is 2.04 bits per heavy atom. The highest BCUT2D eigenvalue weighted by Crippen LogP contribution is 2.32. The number of ether oxygens (including phenoxy) is 1. The maximum Gasteiger partial charge on any atom is 0.408 e. The molecule has 0 spiro atoms. The molecule has 0 saturated carbocycles. The number of amides is 2. The number of carbonyl (C=O) groups excluding carboxylic acids is 2. The van der Waals surface area contributed by atoms with Gasteiger partial charge in [-0.15, -0.1) is 0 Å². The van der Waals surface area contributed by atoms with E-state index in [4.69, 9.17) is 4.74 Å². The van der Waals surface area contributed by atoms with Crippen molar-refractivity contribution in [3.05, 3.63) is 29.8 Å². The number of nitrogens with one attached hydrogen (secondary N) is 1. The molecular weight excluding hydrogens is 337 g/mol. The minimum absolute atomic E-state index is 0.146. The fraction of sp³-hybridized carbons (Fsp3) is 0.529. The second kappa shape index (κ2) is 7.76. The molecule has 25 heavy (non-hydrogen) atoms. The second-order valence-corrected chi connectivity index (χ2v) is 6.11. The van der Waals surface area contributed by atoms with E-state index in [-0.39, 0.29) is 31.7 Å². The first-order chi connectivity index (χ1) is 11.7. The van der Waals surface area contributed by atoms with Crippen LogP contribution in [0.1, 0.15) is 25.3 Å². The van der Waals surface area contributed by atoms with Crippen LogP contribution in [0.5, 0.6) is 5.75 Å². The number of piperidine rings is 1. The number of rotatable bonds is 4. The van der Waals surface area contributed by atoms with Gasteiger partial charge in [-0.2, -0.15) is 13.2 Å². The summed E-state index contributed by atoms with van der Waals surface area (Å²) >= 11 is 0. The summed E-state index contributed by atoms with van der Waals surface area (Å²) in [5, 5.41) is 2.60. The van der Waals surface area contributed by atoms with Gasteiger partial charge in [0.25, 0.3) is 0 Å². The summed E-state index contributed by atoms with van der Waals surface area (Å²) < 4.78 is 45.0. The average molecular weight is 358 g/mol. The molecule has 8 heteroatoms. The zero-order valence-electron chi connectivity index (χ0n) is 14.1. The molecule has 1 aromatic carbocycles. The molecule has 0 aromatic heterocycles. The van der Waals surface area contributed by atoms with Gasteiger partial charge in [0.15, 0.2) is 0 Å². The first-order valence-corrected chi connectivity index (χ1v) is 7.97. The SMILES string of the molecule is COc1cccc(CC(=O)N2C[C@@H](NC(C)=O)CC[C@H]2C(F)(F)F)c1. The lowest BCUT2D eigenvalue weighted by Crippen LogP contribution is -2.58. The molecule has 1 aliphatic heterocycles. The van der Waals surface area contributed by atoms with Crippen LogP contribution in [0.4, 0.5) is 13.2 Å². The molecule has 1 N–H and O–H groups in total. The maximum absolute atomic E-state index is 13.3. The quantitative estimate of drug-likeness (QED) is 0.899. The Balaban J connectivity index is 2.16. The van der Waals surface area contributed by atoms with Gasteiger partial charge in [-0.3, -0.25) is 9.59 Å². The van der Waals surface area contributed by atoms with Crippen LogP contribution in [0.15, 0.2) is 24.3 Å². The van der Waals surface area contributed by atoms with Crippen LogP contribution in [-0.2, 0) is 16.0 Å². The second-order valence-electron chi connectivity index (χ2n) is 6.11. The van der Waals surface area contributed by atoms with Crippen molar-refractivity contribution in [2.24, 2.45) is 0 Å². The van der Waals surface area contributed by atoms with E-state index < -0.39 is 24.2 Å². The Morgan fingerprint density at radius 1 is 1.32 bits per heavy atom. The van der Waals surface area contributed by atoms with Crippen molar-refractivity contribution in [1.82, 2.24) is 10.2 Å². The molecule has 1 fully saturated rings. The van der Waals surface area contributed by atoms with Gasteiger partial charge in [0.1, 0.15) is 11.8 Å². The Bertz CT molecular complexity index is 634. The average Bonchev–Trinajstić information content (AvgIpc) is 2.53. The topological polar surface area (TPSA) is 58.6 Å². The predicted octanol–water partition coefficient (Wildman–Crippen LogP) is 2.30. The van der Waals surface area contributed by atoms with Gasteiger partial charge in [0.05, 0.1) is 13.5 Å². The molecule has 2 atom stereocenters. The van der Waals surface area contributed by atoms with Crippen LogP contribution >= 0.6 is 0 Å². The molecule has 1 saturated heterocycles. The molecule has 2 amide bonds. The van der Waals surface area contributed by atoms with Gasteiger partial charge in [-0.25, -0.2) is 0 Å². The fourth-order valence-electron chi connectivity index (χ4n) is 3.05. The van der Waals surface area contributed by atoms with E-state index in [2.05, 4.69) is 5.32 Å². The van der Waals surface area contributed by atoms with Crippen LogP contribution in [0.25, 0.3) is 0 Å². The van der Waals surface area contributed by atoms with E-state index in [0.29, 0.717) is 11.3 Å². The zero-order chi connectivity index (χ0) is 18.6. The molecule has 0 bridgehead atoms. The number of alkyl halides is 3. The monoisotopic (exact) mass is 358 g/mol. The number of halogens is 3. The number of benzene rings is 1. The number of likely N-dealkylation sites (tertiary alicyclic amines) is 1. The number of carbonyl (C=O) groups is 2. The Hall–Kier alpha value is -2.25. The van der Waals surface area contributed by atoms with Crippen molar-refractivity contribution < 1.29 is 27.5 Å². The van der Waals surface area contributed by atoms with Crippen LogP contribution in [0.2, 0.25) is 0 Å². The van der Waals surface area contributed by atoms with Crippen molar-refractivity contribution in [3.8, 4) is 5.75 Å². The molecule has 1 heterocycles. The molecule has 2 rings (SSSR count). The Morgan fingerprint density at radius 3 is 2.64 bits per heavy atom. The van der Waals surface area contributed by atoms with Crippen molar-refractivity contribution in [2.45, 2.75) is 44.4 Å². The van der Waals surface area contributed by atoms with E-state index in [9.17, 15) is 22.8 Å². The lowest BCUT2D eigenvalue weighted by Gasteiger charge is -2.40. The lowest BCUT2D eigenvalue weighted by atomic mass is 9.96. The Labute approximate surface area is 144 Å². The largest absolute Gasteiger partial charge is 0.497 e. The molecule has 1 aromatic rings. The van der Waals surface area contributed by atoms with Gasteiger partial charge in [0, 0.05) is 19.5 Å². The number of hydrogen-bond acceptors (Lipinski definition) is 3. The van der Waals surface area contributed by atoms with Gasteiger partial charge in [-0.05, 0) is 30.5 Å². The van der Waals surface area contributed by atoms with E-state index in [1.807, 2.05) is 0 Å². The molecule has 5 nitrogen and oxygen atoms in total. The Kier molecular flexibility index (Phi) is 5.92. The highest BCUT2D eigenvalue weighted by Gasteiger charge is 2.47. The maximum atomic E-state index is 13.3. The van der Waals surface area contributed by atoms with E-state index in [0.717, 1.165) is 4.90 Å². The summed E-state index contributed by atoms with van der Waals surface area (Å²) in [5.74, 6) is -0.409. The summed E-state index contributed by atoms with van der Waals surface area (Å²) in [7, 11) is 1.48. The smallest absolute Gasteiger partial charge is 0.408 e. The van der Waals surface area contributed by atoms with Crippen LogP contribution in [-0.4, -0.2) is 48.6 Å². The van der Waals surface area contributed by atoms with Crippen LogP contribution < -0.4 is 10.1 Å². The third-order valence-electron chi connectivity index (χ3n) is 4.18. The van der Waals surface area contributed by atoms with Gasteiger partial charge >= 0.3 is 6.18 Å². The van der Waals surface area contributed by atoms with Crippen molar-refractivity contribution in [1.29, 1.82) is 0 Å². The lowest BCUT2D eigenvalue weighted by molar-refractivity contribution is -0.197. The minimum atomic E-state index is -4.49. The molecule has 0 radical (unpaired) electrons. The fourth-order valence-corrected chi connectivity index (χ4v) is 3.05. The highest BCUT2D eigenvalue weighted by molar-refractivity contribution is 5.80. The van der Waals surface area contributed by atoms with Crippen molar-refractivity contribution in [2.75, 3.05) is 13.7 Å². The number of hydrogen-bond donors (Lipinski definition) is 1. The first-order valence-electron chi connectivity index (χ1n) is 7.97. The first kappa shape index (κ1) is 19.1. The van der Waals surface area contributed by atoms with Gasteiger partial charge < -0.3 is 15.0 Å². The van der Waals surface area contributed by atoms with E-state index in [1.54, 1.807) is 24.3 Å². The summed E-state index contributed by atoms with van der Waals surface area (Å²) in [4.78, 5) is 24.5. The molecular formula is C17H21F3N2O3. The van der Waals surface area contributed by atoms with Gasteiger partial charge in [0.2, 0.25) is 11.8 Å². The van der Waals surface area contributed by atoms with Crippen LogP contribution in [0, 0.1) is 0 Å². The normalized spacial score (nSPS) is 20.9. The predicted molar refractivity (Wildman–Crippen MR) is 85.1 cm³/mol. The molecule has 1 aliphatic rings. The third kappa shape index (κ3) is 5.11. The van der Waals surface area contributed by atoms with E-state index in [1.165, 1.54) is 14.0 Å². The number of nitrogens with zero attached hydrogens (tertiary/aromatic N) is 1. The van der Waals surface area contributed by atoms with Crippen LogP contribution in [0.3, 0.4) is 0 Å². The van der Waals surface area contributed by atoms with Crippen molar-refractivity contribution in [3.63, 3.8) is 0 Å². The number of methoxy groups -OCH3 is 1. The zero-order valence-corrected chi connectivity index (χ0v) is 14.1. The molecule has 0 unspecified atom stereocenters. The highest BCUT2D eigenvalue weighted by atomic mass is 19.4. The third-order valence-corrected chi connectivity index (χ3v) is 4.18. The summed E-state index contributed by atoms with van der Waals surface area (Å²) in [6.45, 7) is 1.16. The molecule has 138 valence electrons. The van der Waals surface area contributed by atoms with E-state index >= 15 is 0 Å². The standard InChI is InChI=1S/C17H21F3N2O3/c1-11(23)21-13-6-7-15(17(18,19)20)22(10-13)16(24)9-12-4-3-5-14(8-12)25-2/h3-5,8,13,15H,6-7,9-10H2,1-2H3,(H,21,23)/t13-,15-/m0/s1. The van der Waals surface area contributed by atoms with Gasteiger partial charge in [-0.1, -0.05) is 12.1 Å². The summed E-state index contributed by atoms with van der Waals surface area (Å²) in [6, 6.07) is 4.37. The summed E-state index contributed by atoms with van der Waals surface area (Å²) in [5.41, 5.74) is 0.576. The summed E-state index contributed by atoms with van der Waals surface area (Å²) in [6.07, 6.45) is -4.69.